The first kappa shape index (κ1) is 10.2. The molecular formula is C10H10N4O2. The molecule has 0 aromatic carbocycles. The lowest BCUT2D eigenvalue weighted by molar-refractivity contribution is 0.0528. The van der Waals surface area contributed by atoms with Crippen LogP contribution >= 0.6 is 0 Å². The van der Waals surface area contributed by atoms with Crippen molar-refractivity contribution in [3.63, 3.8) is 0 Å². The number of rotatable bonds is 3. The van der Waals surface area contributed by atoms with Crippen LogP contribution in [-0.2, 0) is 11.3 Å². The zero-order chi connectivity index (χ0) is 11.5. The summed E-state index contributed by atoms with van der Waals surface area (Å²) in [4.78, 5) is 11.6. The summed E-state index contributed by atoms with van der Waals surface area (Å²) in [5.74, 6) is -0.421. The highest BCUT2D eigenvalue weighted by molar-refractivity contribution is 5.95. The molecule has 0 aliphatic rings. The van der Waals surface area contributed by atoms with Crippen LogP contribution in [0.15, 0.2) is 18.6 Å². The molecule has 16 heavy (non-hydrogen) atoms. The molecule has 82 valence electrons. The summed E-state index contributed by atoms with van der Waals surface area (Å²) >= 11 is 0. The summed E-state index contributed by atoms with van der Waals surface area (Å²) in [6, 6.07) is 2.02. The number of carbonyl (C=O) groups excluding carboxylic acids is 1. The SMILES string of the molecule is CCOC(=O)c1cnn2ccn(CC#N)c12. The van der Waals surface area contributed by atoms with Crippen LogP contribution in [0.5, 0.6) is 0 Å². The number of nitriles is 1. The van der Waals surface area contributed by atoms with Gasteiger partial charge in [0.15, 0.2) is 5.65 Å². The number of aromatic nitrogens is 3. The second-order valence-corrected chi connectivity index (χ2v) is 3.13. The van der Waals surface area contributed by atoms with E-state index in [2.05, 4.69) is 5.10 Å². The minimum Gasteiger partial charge on any atom is -0.462 e. The Kier molecular flexibility index (Phi) is 2.60. The molecular weight excluding hydrogens is 208 g/mol. The Hall–Kier alpha value is -2.29. The van der Waals surface area contributed by atoms with Crippen LogP contribution in [0.3, 0.4) is 0 Å². The molecule has 6 heteroatoms. The van der Waals surface area contributed by atoms with Crippen LogP contribution in [0.2, 0.25) is 0 Å². The first-order valence-corrected chi connectivity index (χ1v) is 4.84. The quantitative estimate of drug-likeness (QED) is 0.715. The minimum absolute atomic E-state index is 0.175. The standard InChI is InChI=1S/C10H10N4O2/c1-2-16-10(15)8-7-12-14-6-5-13(4-3-11)9(8)14/h5-7H,2,4H2,1H3. The van der Waals surface area contributed by atoms with Crippen molar-refractivity contribution in [2.45, 2.75) is 13.5 Å². The Morgan fingerprint density at radius 2 is 2.44 bits per heavy atom. The first-order chi connectivity index (χ1) is 7.77. The number of fused-ring (bicyclic) bond motifs is 1. The number of hydrogen-bond acceptors (Lipinski definition) is 4. The van der Waals surface area contributed by atoms with E-state index in [0.717, 1.165) is 0 Å². The molecule has 0 N–H and O–H groups in total. The largest absolute Gasteiger partial charge is 0.462 e. The van der Waals surface area contributed by atoms with Gasteiger partial charge in [-0.2, -0.15) is 10.4 Å². The maximum absolute atomic E-state index is 11.6. The van der Waals surface area contributed by atoms with Gasteiger partial charge in [0.1, 0.15) is 12.1 Å². The molecule has 0 atom stereocenters. The van der Waals surface area contributed by atoms with Crippen molar-refractivity contribution < 1.29 is 9.53 Å². The van der Waals surface area contributed by atoms with Crippen molar-refractivity contribution in [1.29, 1.82) is 5.26 Å². The maximum atomic E-state index is 11.6. The lowest BCUT2D eigenvalue weighted by Gasteiger charge is -2.00. The average Bonchev–Trinajstić information content (AvgIpc) is 2.81. The van der Waals surface area contributed by atoms with Gasteiger partial charge in [-0.05, 0) is 6.92 Å². The number of hydrogen-bond donors (Lipinski definition) is 0. The topological polar surface area (TPSA) is 72.3 Å². The van der Waals surface area contributed by atoms with E-state index >= 15 is 0 Å². The van der Waals surface area contributed by atoms with Crippen molar-refractivity contribution in [3.05, 3.63) is 24.2 Å². The van der Waals surface area contributed by atoms with E-state index in [4.69, 9.17) is 10.00 Å². The number of imidazole rings is 1. The van der Waals surface area contributed by atoms with Gasteiger partial charge < -0.3 is 9.30 Å². The molecule has 0 spiro atoms. The average molecular weight is 218 g/mol. The predicted octanol–water partition coefficient (Wildman–Crippen LogP) is 0.836. The van der Waals surface area contributed by atoms with Crippen molar-refractivity contribution in [3.8, 4) is 6.07 Å². The Bertz CT molecular complexity index is 561. The third-order valence-electron chi connectivity index (χ3n) is 2.17. The predicted molar refractivity (Wildman–Crippen MR) is 54.8 cm³/mol. The molecule has 0 aliphatic heterocycles. The highest BCUT2D eigenvalue weighted by Crippen LogP contribution is 2.12. The molecule has 0 bridgehead atoms. The molecule has 0 saturated heterocycles. The molecule has 6 nitrogen and oxygen atoms in total. The third-order valence-corrected chi connectivity index (χ3v) is 2.17. The van der Waals surface area contributed by atoms with Gasteiger partial charge in [0.05, 0.1) is 18.9 Å². The molecule has 0 saturated carbocycles. The summed E-state index contributed by atoms with van der Waals surface area (Å²) in [7, 11) is 0. The Morgan fingerprint density at radius 1 is 1.62 bits per heavy atom. The Morgan fingerprint density at radius 3 is 3.12 bits per heavy atom. The minimum atomic E-state index is -0.421. The number of ether oxygens (including phenoxy) is 1. The number of esters is 1. The summed E-state index contributed by atoms with van der Waals surface area (Å²) in [5.41, 5.74) is 0.960. The summed E-state index contributed by atoms with van der Waals surface area (Å²) in [5, 5.41) is 12.7. The van der Waals surface area contributed by atoms with Crippen molar-refractivity contribution in [2.24, 2.45) is 0 Å². The van der Waals surface area contributed by atoms with Gasteiger partial charge >= 0.3 is 5.97 Å². The molecule has 0 radical (unpaired) electrons. The molecule has 2 rings (SSSR count). The van der Waals surface area contributed by atoms with Gasteiger partial charge in [0, 0.05) is 12.4 Å². The van der Waals surface area contributed by atoms with Gasteiger partial charge in [-0.3, -0.25) is 0 Å². The fraction of sp³-hybridized carbons (Fsp3) is 0.300. The first-order valence-electron chi connectivity index (χ1n) is 4.84. The van der Waals surface area contributed by atoms with Crippen LogP contribution in [0.25, 0.3) is 5.65 Å². The zero-order valence-corrected chi connectivity index (χ0v) is 8.75. The van der Waals surface area contributed by atoms with Crippen LogP contribution in [0, 0.1) is 11.3 Å². The van der Waals surface area contributed by atoms with Gasteiger partial charge in [0.25, 0.3) is 0 Å². The van der Waals surface area contributed by atoms with Crippen molar-refractivity contribution in [1.82, 2.24) is 14.2 Å². The highest BCUT2D eigenvalue weighted by atomic mass is 16.5. The van der Waals surface area contributed by atoms with Crippen LogP contribution < -0.4 is 0 Å². The molecule has 0 amide bonds. The summed E-state index contributed by atoms with van der Waals surface area (Å²) in [6.45, 7) is 2.23. The van der Waals surface area contributed by atoms with Gasteiger partial charge in [0.2, 0.25) is 0 Å². The normalized spacial score (nSPS) is 10.2. The van der Waals surface area contributed by atoms with E-state index in [1.807, 2.05) is 6.07 Å². The van der Waals surface area contributed by atoms with Crippen molar-refractivity contribution in [2.75, 3.05) is 6.61 Å². The van der Waals surface area contributed by atoms with Crippen LogP contribution in [0.1, 0.15) is 17.3 Å². The fourth-order valence-corrected chi connectivity index (χ4v) is 1.52. The molecule has 2 aromatic rings. The van der Waals surface area contributed by atoms with Crippen LogP contribution in [0.4, 0.5) is 0 Å². The molecule has 0 aliphatic carbocycles. The van der Waals surface area contributed by atoms with E-state index in [0.29, 0.717) is 17.8 Å². The lowest BCUT2D eigenvalue weighted by atomic mass is 10.3. The van der Waals surface area contributed by atoms with E-state index in [-0.39, 0.29) is 6.54 Å². The van der Waals surface area contributed by atoms with Crippen molar-refractivity contribution >= 4 is 11.6 Å². The monoisotopic (exact) mass is 218 g/mol. The number of carbonyl (C=O) groups is 1. The van der Waals surface area contributed by atoms with Gasteiger partial charge in [-0.1, -0.05) is 0 Å². The summed E-state index contributed by atoms with van der Waals surface area (Å²) < 4.78 is 8.11. The zero-order valence-electron chi connectivity index (χ0n) is 8.75. The molecule has 0 unspecified atom stereocenters. The van der Waals surface area contributed by atoms with Gasteiger partial charge in [-0.15, -0.1) is 0 Å². The van der Waals surface area contributed by atoms with E-state index in [1.54, 1.807) is 28.4 Å². The Balaban J connectivity index is 2.49. The van der Waals surface area contributed by atoms with E-state index in [1.165, 1.54) is 6.20 Å². The van der Waals surface area contributed by atoms with E-state index < -0.39 is 5.97 Å². The molecule has 0 fully saturated rings. The van der Waals surface area contributed by atoms with E-state index in [9.17, 15) is 4.79 Å². The maximum Gasteiger partial charge on any atom is 0.343 e. The third kappa shape index (κ3) is 1.52. The second kappa shape index (κ2) is 4.06. The lowest BCUT2D eigenvalue weighted by Crippen LogP contribution is -2.06. The highest BCUT2D eigenvalue weighted by Gasteiger charge is 2.16. The van der Waals surface area contributed by atoms with Crippen LogP contribution in [-0.4, -0.2) is 26.8 Å². The fourth-order valence-electron chi connectivity index (χ4n) is 1.52. The smallest absolute Gasteiger partial charge is 0.343 e. The van der Waals surface area contributed by atoms with Gasteiger partial charge in [-0.25, -0.2) is 9.31 Å². The Labute approximate surface area is 91.6 Å². The summed E-state index contributed by atoms with van der Waals surface area (Å²) in [6.07, 6.45) is 4.84. The molecule has 2 aromatic heterocycles. The second-order valence-electron chi connectivity index (χ2n) is 3.13. The molecule has 2 heterocycles. The number of nitrogens with zero attached hydrogens (tertiary/aromatic N) is 4.